The van der Waals surface area contributed by atoms with Crippen LogP contribution in [0, 0.1) is 5.92 Å². The lowest BCUT2D eigenvalue weighted by Gasteiger charge is -2.18. The number of rotatable bonds is 9. The summed E-state index contributed by atoms with van der Waals surface area (Å²) in [5.74, 6) is -0.728. The van der Waals surface area contributed by atoms with E-state index >= 15 is 0 Å². The molecule has 1 saturated heterocycles. The van der Waals surface area contributed by atoms with Gasteiger partial charge in [0.2, 0.25) is 5.91 Å². The molecule has 0 aromatic heterocycles. The zero-order chi connectivity index (χ0) is 18.1. The van der Waals surface area contributed by atoms with Gasteiger partial charge in [0.15, 0.2) is 0 Å². The first-order valence-electron chi connectivity index (χ1n) is 9.13. The molecule has 6 heteroatoms. The molecule has 0 saturated carbocycles. The Morgan fingerprint density at radius 3 is 2.68 bits per heavy atom. The SMILES string of the molecule is CCCC1CC(C(=O)NCC(Cc2ccccc2)C(=O)OCC)NN1. The molecule has 0 bridgehead atoms. The number of ether oxygens (including phenoxy) is 1. The van der Waals surface area contributed by atoms with Gasteiger partial charge in [-0.15, -0.1) is 0 Å². The summed E-state index contributed by atoms with van der Waals surface area (Å²) in [7, 11) is 0. The van der Waals surface area contributed by atoms with Crippen molar-refractivity contribution in [2.75, 3.05) is 13.2 Å². The Labute approximate surface area is 149 Å². The minimum Gasteiger partial charge on any atom is -0.466 e. The van der Waals surface area contributed by atoms with Gasteiger partial charge in [0.1, 0.15) is 6.04 Å². The summed E-state index contributed by atoms with van der Waals surface area (Å²) in [5, 5.41) is 2.90. The van der Waals surface area contributed by atoms with Crippen LogP contribution in [0.5, 0.6) is 0 Å². The molecule has 3 atom stereocenters. The van der Waals surface area contributed by atoms with E-state index < -0.39 is 0 Å². The van der Waals surface area contributed by atoms with E-state index in [1.165, 1.54) is 0 Å². The molecule has 1 aliphatic rings. The smallest absolute Gasteiger partial charge is 0.311 e. The number of hydrogen-bond donors (Lipinski definition) is 3. The summed E-state index contributed by atoms with van der Waals surface area (Å²) in [6.07, 6.45) is 3.43. The van der Waals surface area contributed by atoms with Crippen molar-refractivity contribution in [2.45, 2.75) is 51.6 Å². The molecular formula is C19H29N3O3. The number of amides is 1. The van der Waals surface area contributed by atoms with Crippen LogP contribution in [0.2, 0.25) is 0 Å². The van der Waals surface area contributed by atoms with E-state index in [0.717, 1.165) is 24.8 Å². The van der Waals surface area contributed by atoms with Gasteiger partial charge < -0.3 is 10.1 Å². The standard InChI is InChI=1S/C19H29N3O3/c1-3-8-16-12-17(22-21-16)18(23)20-13-15(19(24)25-4-2)11-14-9-6-5-7-10-14/h5-7,9-10,15-17,21-22H,3-4,8,11-13H2,1-2H3,(H,20,23). The number of hydrogen-bond acceptors (Lipinski definition) is 5. The van der Waals surface area contributed by atoms with E-state index in [0.29, 0.717) is 19.1 Å². The van der Waals surface area contributed by atoms with Crippen molar-refractivity contribution in [3.8, 4) is 0 Å². The second-order valence-corrected chi connectivity index (χ2v) is 6.45. The lowest BCUT2D eigenvalue weighted by Crippen LogP contribution is -2.45. The number of nitrogens with one attached hydrogen (secondary N) is 3. The predicted molar refractivity (Wildman–Crippen MR) is 96.7 cm³/mol. The second-order valence-electron chi connectivity index (χ2n) is 6.45. The van der Waals surface area contributed by atoms with Gasteiger partial charge >= 0.3 is 5.97 Å². The summed E-state index contributed by atoms with van der Waals surface area (Å²) in [5.41, 5.74) is 7.25. The highest BCUT2D eigenvalue weighted by molar-refractivity contribution is 5.83. The third-order valence-electron chi connectivity index (χ3n) is 4.40. The molecule has 0 spiro atoms. The minimum atomic E-state index is -0.382. The van der Waals surface area contributed by atoms with Gasteiger partial charge in [-0.3, -0.25) is 15.0 Å². The highest BCUT2D eigenvalue weighted by atomic mass is 16.5. The van der Waals surface area contributed by atoms with Crippen LogP contribution >= 0.6 is 0 Å². The first-order chi connectivity index (χ1) is 12.1. The van der Waals surface area contributed by atoms with Gasteiger partial charge in [-0.1, -0.05) is 43.7 Å². The zero-order valence-electron chi connectivity index (χ0n) is 15.1. The molecule has 1 aliphatic heterocycles. The Kier molecular flexibility index (Phi) is 7.88. The van der Waals surface area contributed by atoms with Crippen LogP contribution in [0.4, 0.5) is 0 Å². The summed E-state index contributed by atoms with van der Waals surface area (Å²) < 4.78 is 5.16. The van der Waals surface area contributed by atoms with E-state index in [4.69, 9.17) is 4.74 Å². The van der Waals surface area contributed by atoms with Gasteiger partial charge in [0, 0.05) is 12.6 Å². The van der Waals surface area contributed by atoms with E-state index in [1.54, 1.807) is 6.92 Å². The van der Waals surface area contributed by atoms with Crippen molar-refractivity contribution in [2.24, 2.45) is 5.92 Å². The van der Waals surface area contributed by atoms with E-state index in [2.05, 4.69) is 23.1 Å². The molecule has 1 aromatic rings. The normalized spacial score (nSPS) is 20.9. The number of carbonyl (C=O) groups excluding carboxylic acids is 2. The Balaban J connectivity index is 1.88. The number of hydrazine groups is 1. The van der Waals surface area contributed by atoms with Crippen molar-refractivity contribution in [3.05, 3.63) is 35.9 Å². The molecular weight excluding hydrogens is 318 g/mol. The van der Waals surface area contributed by atoms with E-state index in [1.807, 2.05) is 30.3 Å². The van der Waals surface area contributed by atoms with E-state index in [9.17, 15) is 9.59 Å². The lowest BCUT2D eigenvalue weighted by atomic mass is 9.99. The van der Waals surface area contributed by atoms with Gasteiger partial charge in [-0.25, -0.2) is 5.43 Å². The third-order valence-corrected chi connectivity index (χ3v) is 4.40. The molecule has 25 heavy (non-hydrogen) atoms. The molecule has 2 rings (SSSR count). The molecule has 1 aromatic carbocycles. The van der Waals surface area contributed by atoms with Crippen molar-refractivity contribution in [1.82, 2.24) is 16.2 Å². The fourth-order valence-electron chi connectivity index (χ4n) is 3.08. The number of esters is 1. The maximum absolute atomic E-state index is 12.4. The highest BCUT2D eigenvalue weighted by Gasteiger charge is 2.29. The van der Waals surface area contributed by atoms with Crippen LogP contribution in [-0.4, -0.2) is 37.1 Å². The first kappa shape index (κ1) is 19.4. The largest absolute Gasteiger partial charge is 0.466 e. The quantitative estimate of drug-likeness (QED) is 0.591. The van der Waals surface area contributed by atoms with Crippen LogP contribution in [0.1, 0.15) is 38.7 Å². The van der Waals surface area contributed by atoms with Crippen LogP contribution in [0.3, 0.4) is 0 Å². The average molecular weight is 347 g/mol. The number of carbonyl (C=O) groups is 2. The molecule has 1 heterocycles. The fraction of sp³-hybridized carbons (Fsp3) is 0.579. The second kappa shape index (κ2) is 10.2. The van der Waals surface area contributed by atoms with Gasteiger partial charge in [0.05, 0.1) is 12.5 Å². The molecule has 3 N–H and O–H groups in total. The average Bonchev–Trinajstić information content (AvgIpc) is 3.08. The first-order valence-corrected chi connectivity index (χ1v) is 9.13. The van der Waals surface area contributed by atoms with Crippen LogP contribution in [0.25, 0.3) is 0 Å². The Hall–Kier alpha value is -1.92. The van der Waals surface area contributed by atoms with Crippen molar-refractivity contribution in [1.29, 1.82) is 0 Å². The van der Waals surface area contributed by atoms with Gasteiger partial charge in [0.25, 0.3) is 0 Å². The lowest BCUT2D eigenvalue weighted by molar-refractivity contribution is -0.147. The van der Waals surface area contributed by atoms with Gasteiger partial charge in [-0.2, -0.15) is 0 Å². The Bertz CT molecular complexity index is 550. The molecule has 6 nitrogen and oxygen atoms in total. The molecule has 1 fully saturated rings. The summed E-state index contributed by atoms with van der Waals surface area (Å²) in [6, 6.07) is 9.85. The predicted octanol–water partition coefficient (Wildman–Crippen LogP) is 1.56. The summed E-state index contributed by atoms with van der Waals surface area (Å²) >= 11 is 0. The molecule has 138 valence electrons. The summed E-state index contributed by atoms with van der Waals surface area (Å²) in [6.45, 7) is 4.54. The maximum atomic E-state index is 12.4. The van der Waals surface area contributed by atoms with Crippen LogP contribution in [0.15, 0.2) is 30.3 Å². The Morgan fingerprint density at radius 2 is 2.00 bits per heavy atom. The highest BCUT2D eigenvalue weighted by Crippen LogP contribution is 2.12. The van der Waals surface area contributed by atoms with Crippen LogP contribution < -0.4 is 16.2 Å². The monoisotopic (exact) mass is 347 g/mol. The van der Waals surface area contributed by atoms with E-state index in [-0.39, 0.29) is 30.4 Å². The van der Waals surface area contributed by atoms with Crippen molar-refractivity contribution >= 4 is 11.9 Å². The molecule has 3 unspecified atom stereocenters. The topological polar surface area (TPSA) is 79.5 Å². The van der Waals surface area contributed by atoms with Crippen molar-refractivity contribution in [3.63, 3.8) is 0 Å². The third kappa shape index (κ3) is 6.14. The number of benzene rings is 1. The zero-order valence-corrected chi connectivity index (χ0v) is 15.1. The molecule has 0 radical (unpaired) electrons. The van der Waals surface area contributed by atoms with Crippen molar-refractivity contribution < 1.29 is 14.3 Å². The Morgan fingerprint density at radius 1 is 1.24 bits per heavy atom. The van der Waals surface area contributed by atoms with Crippen LogP contribution in [-0.2, 0) is 20.7 Å². The fourth-order valence-corrected chi connectivity index (χ4v) is 3.08. The molecule has 0 aliphatic carbocycles. The summed E-state index contributed by atoms with van der Waals surface area (Å²) in [4.78, 5) is 24.6. The molecule has 1 amide bonds. The maximum Gasteiger partial charge on any atom is 0.311 e. The minimum absolute atomic E-state index is 0.0755. The van der Waals surface area contributed by atoms with Gasteiger partial charge in [-0.05, 0) is 31.7 Å².